The Labute approximate surface area is 111 Å². The summed E-state index contributed by atoms with van der Waals surface area (Å²) in [7, 11) is 0. The second-order valence-corrected chi connectivity index (χ2v) is 4.57. The van der Waals surface area contributed by atoms with E-state index in [9.17, 15) is 0 Å². The maximum Gasteiger partial charge on any atom is 0.221 e. The largest absolute Gasteiger partial charge is 0.474 e. The molecular formula is C15H14N2O2. The zero-order valence-electron chi connectivity index (χ0n) is 10.5. The first-order valence-electron chi connectivity index (χ1n) is 6.41. The van der Waals surface area contributed by atoms with E-state index >= 15 is 0 Å². The highest BCUT2D eigenvalue weighted by atomic mass is 16.5. The molecular weight excluding hydrogens is 240 g/mol. The number of hydrogen-bond donors (Lipinski definition) is 0. The lowest BCUT2D eigenvalue weighted by Crippen LogP contribution is -2.16. The molecule has 1 aromatic heterocycles. The summed E-state index contributed by atoms with van der Waals surface area (Å²) < 4.78 is 11.3. The van der Waals surface area contributed by atoms with E-state index in [4.69, 9.17) is 14.7 Å². The van der Waals surface area contributed by atoms with Crippen LogP contribution in [0.5, 0.6) is 5.88 Å². The van der Waals surface area contributed by atoms with Gasteiger partial charge in [-0.25, -0.2) is 4.98 Å². The van der Waals surface area contributed by atoms with E-state index < -0.39 is 0 Å². The van der Waals surface area contributed by atoms with Gasteiger partial charge in [0.15, 0.2) is 0 Å². The quantitative estimate of drug-likeness (QED) is 0.845. The van der Waals surface area contributed by atoms with Crippen molar-refractivity contribution in [3.05, 3.63) is 36.0 Å². The van der Waals surface area contributed by atoms with Crippen molar-refractivity contribution in [1.82, 2.24) is 4.98 Å². The van der Waals surface area contributed by atoms with Crippen LogP contribution < -0.4 is 4.74 Å². The van der Waals surface area contributed by atoms with E-state index in [1.807, 2.05) is 18.2 Å². The molecule has 1 unspecified atom stereocenters. The fourth-order valence-electron chi connectivity index (χ4n) is 2.34. The molecule has 2 heterocycles. The number of pyridine rings is 1. The molecule has 3 rings (SSSR count). The SMILES string of the molecule is N#Cc1cccc2c(OCC3CCCO3)nccc12. The molecule has 1 aliphatic heterocycles. The Balaban J connectivity index is 1.89. The average molecular weight is 254 g/mol. The number of aromatic nitrogens is 1. The van der Waals surface area contributed by atoms with E-state index in [-0.39, 0.29) is 6.10 Å². The second-order valence-electron chi connectivity index (χ2n) is 4.57. The van der Waals surface area contributed by atoms with Crippen molar-refractivity contribution in [1.29, 1.82) is 5.26 Å². The Bertz CT molecular complexity index is 628. The predicted molar refractivity (Wildman–Crippen MR) is 70.9 cm³/mol. The summed E-state index contributed by atoms with van der Waals surface area (Å²) in [6, 6.07) is 9.60. The van der Waals surface area contributed by atoms with Crippen LogP contribution in [-0.2, 0) is 4.74 Å². The molecule has 1 aromatic carbocycles. The summed E-state index contributed by atoms with van der Waals surface area (Å²) in [5.74, 6) is 0.574. The van der Waals surface area contributed by atoms with Gasteiger partial charge in [0.1, 0.15) is 6.61 Å². The Kier molecular flexibility index (Phi) is 3.30. The third kappa shape index (κ3) is 2.38. The third-order valence-corrected chi connectivity index (χ3v) is 3.32. The molecule has 1 fully saturated rings. The molecule has 1 saturated heterocycles. The number of nitrogens with zero attached hydrogens (tertiary/aromatic N) is 2. The van der Waals surface area contributed by atoms with Gasteiger partial charge in [0.25, 0.3) is 0 Å². The normalized spacial score (nSPS) is 18.4. The minimum absolute atomic E-state index is 0.163. The molecule has 0 amide bonds. The van der Waals surface area contributed by atoms with Gasteiger partial charge in [0.05, 0.1) is 17.7 Å². The number of fused-ring (bicyclic) bond motifs is 1. The van der Waals surface area contributed by atoms with Crippen molar-refractivity contribution in [3.8, 4) is 11.9 Å². The first-order chi connectivity index (χ1) is 9.38. The van der Waals surface area contributed by atoms with Crippen LogP contribution in [0.1, 0.15) is 18.4 Å². The molecule has 0 aliphatic carbocycles. The standard InChI is InChI=1S/C15H14N2O2/c16-9-11-3-1-5-14-13(11)6-7-17-15(14)19-10-12-4-2-8-18-12/h1,3,5-7,12H,2,4,8,10H2. The number of benzene rings is 1. The van der Waals surface area contributed by atoms with Gasteiger partial charge in [-0.2, -0.15) is 5.26 Å². The number of rotatable bonds is 3. The van der Waals surface area contributed by atoms with Crippen molar-refractivity contribution >= 4 is 10.8 Å². The molecule has 0 saturated carbocycles. The second kappa shape index (κ2) is 5.25. The van der Waals surface area contributed by atoms with Crippen molar-refractivity contribution < 1.29 is 9.47 Å². The molecule has 19 heavy (non-hydrogen) atoms. The van der Waals surface area contributed by atoms with Crippen LogP contribution in [-0.4, -0.2) is 24.3 Å². The topological polar surface area (TPSA) is 55.1 Å². The van der Waals surface area contributed by atoms with Crippen LogP contribution in [0.15, 0.2) is 30.5 Å². The molecule has 0 N–H and O–H groups in total. The zero-order chi connectivity index (χ0) is 13.1. The monoisotopic (exact) mass is 254 g/mol. The lowest BCUT2D eigenvalue weighted by Gasteiger charge is -2.12. The molecule has 96 valence electrons. The molecule has 4 nitrogen and oxygen atoms in total. The minimum Gasteiger partial charge on any atom is -0.474 e. The lowest BCUT2D eigenvalue weighted by molar-refractivity contribution is 0.0669. The highest BCUT2D eigenvalue weighted by Crippen LogP contribution is 2.26. The van der Waals surface area contributed by atoms with E-state index in [0.717, 1.165) is 30.2 Å². The van der Waals surface area contributed by atoms with E-state index in [0.29, 0.717) is 18.1 Å². The van der Waals surface area contributed by atoms with Gasteiger partial charge in [0, 0.05) is 23.6 Å². The van der Waals surface area contributed by atoms with Crippen molar-refractivity contribution in [2.75, 3.05) is 13.2 Å². The Hall–Kier alpha value is -2.12. The van der Waals surface area contributed by atoms with Gasteiger partial charge >= 0.3 is 0 Å². The molecule has 0 radical (unpaired) electrons. The first kappa shape index (κ1) is 11.9. The average Bonchev–Trinajstić information content (AvgIpc) is 2.97. The summed E-state index contributed by atoms with van der Waals surface area (Å²) >= 11 is 0. The lowest BCUT2D eigenvalue weighted by atomic mass is 10.1. The van der Waals surface area contributed by atoms with E-state index in [2.05, 4.69) is 11.1 Å². The number of ether oxygens (including phenoxy) is 2. The Morgan fingerprint density at radius 1 is 1.37 bits per heavy atom. The van der Waals surface area contributed by atoms with Crippen molar-refractivity contribution in [3.63, 3.8) is 0 Å². The highest BCUT2D eigenvalue weighted by molar-refractivity contribution is 5.91. The van der Waals surface area contributed by atoms with Crippen LogP contribution in [0.2, 0.25) is 0 Å². The van der Waals surface area contributed by atoms with Gasteiger partial charge in [-0.05, 0) is 31.0 Å². The fourth-order valence-corrected chi connectivity index (χ4v) is 2.34. The van der Waals surface area contributed by atoms with Crippen LogP contribution in [0, 0.1) is 11.3 Å². The van der Waals surface area contributed by atoms with Crippen LogP contribution in [0.3, 0.4) is 0 Å². The van der Waals surface area contributed by atoms with Gasteiger partial charge in [-0.3, -0.25) is 0 Å². The smallest absolute Gasteiger partial charge is 0.221 e. The van der Waals surface area contributed by atoms with Crippen molar-refractivity contribution in [2.45, 2.75) is 18.9 Å². The highest BCUT2D eigenvalue weighted by Gasteiger charge is 2.17. The van der Waals surface area contributed by atoms with Crippen molar-refractivity contribution in [2.24, 2.45) is 0 Å². The summed E-state index contributed by atoms with van der Waals surface area (Å²) in [5, 5.41) is 10.8. The Morgan fingerprint density at radius 2 is 2.32 bits per heavy atom. The fraction of sp³-hybridized carbons (Fsp3) is 0.333. The molecule has 1 atom stereocenters. The van der Waals surface area contributed by atoms with Gasteiger partial charge in [0.2, 0.25) is 5.88 Å². The third-order valence-electron chi connectivity index (χ3n) is 3.32. The van der Waals surface area contributed by atoms with E-state index in [1.54, 1.807) is 12.3 Å². The van der Waals surface area contributed by atoms with Gasteiger partial charge in [-0.15, -0.1) is 0 Å². The molecule has 0 bridgehead atoms. The number of hydrogen-bond acceptors (Lipinski definition) is 4. The van der Waals surface area contributed by atoms with Crippen LogP contribution in [0.4, 0.5) is 0 Å². The summed E-state index contributed by atoms with van der Waals surface area (Å²) in [6.45, 7) is 1.33. The van der Waals surface area contributed by atoms with E-state index in [1.165, 1.54) is 0 Å². The Morgan fingerprint density at radius 3 is 3.11 bits per heavy atom. The van der Waals surface area contributed by atoms with Gasteiger partial charge < -0.3 is 9.47 Å². The molecule has 4 heteroatoms. The number of nitriles is 1. The minimum atomic E-state index is 0.163. The van der Waals surface area contributed by atoms with Crippen LogP contribution in [0.25, 0.3) is 10.8 Å². The van der Waals surface area contributed by atoms with Crippen LogP contribution >= 0.6 is 0 Å². The first-order valence-corrected chi connectivity index (χ1v) is 6.41. The molecule has 2 aromatic rings. The molecule has 1 aliphatic rings. The maximum atomic E-state index is 9.10. The van der Waals surface area contributed by atoms with Gasteiger partial charge in [-0.1, -0.05) is 6.07 Å². The molecule has 0 spiro atoms. The summed E-state index contributed by atoms with van der Waals surface area (Å²) in [6.07, 6.45) is 3.97. The predicted octanol–water partition coefficient (Wildman–Crippen LogP) is 2.66. The summed E-state index contributed by atoms with van der Waals surface area (Å²) in [5.41, 5.74) is 0.641. The zero-order valence-corrected chi connectivity index (χ0v) is 10.5. The maximum absolute atomic E-state index is 9.10. The summed E-state index contributed by atoms with van der Waals surface area (Å²) in [4.78, 5) is 4.26.